The Morgan fingerprint density at radius 2 is 2.10 bits per heavy atom. The maximum absolute atomic E-state index is 9.24. The fourth-order valence-corrected chi connectivity index (χ4v) is 3.03. The van der Waals surface area contributed by atoms with Crippen molar-refractivity contribution in [3.8, 4) is 5.75 Å². The van der Waals surface area contributed by atoms with Crippen LogP contribution in [0.2, 0.25) is 0 Å². The van der Waals surface area contributed by atoms with Crippen molar-refractivity contribution >= 4 is 16.3 Å². The summed E-state index contributed by atoms with van der Waals surface area (Å²) in [6.07, 6.45) is 3.02. The minimum atomic E-state index is 0.316. The van der Waals surface area contributed by atoms with Crippen molar-refractivity contribution in [3.05, 3.63) is 52.8 Å². The average Bonchev–Trinajstić information content (AvgIpc) is 2.98. The number of aromatic hydroxyl groups is 1. The summed E-state index contributed by atoms with van der Waals surface area (Å²) in [7, 11) is 0. The van der Waals surface area contributed by atoms with Gasteiger partial charge in [-0.3, -0.25) is 4.40 Å². The normalized spacial score (nSPS) is 11.2. The fraction of sp³-hybridized carbons (Fsp3) is 0.267. The van der Waals surface area contributed by atoms with E-state index in [9.17, 15) is 5.11 Å². The van der Waals surface area contributed by atoms with Crippen LogP contribution in [0.1, 0.15) is 17.0 Å². The van der Waals surface area contributed by atoms with E-state index in [2.05, 4.69) is 33.2 Å². The van der Waals surface area contributed by atoms with E-state index in [1.807, 2.05) is 12.1 Å². The van der Waals surface area contributed by atoms with E-state index >= 15 is 0 Å². The van der Waals surface area contributed by atoms with Crippen LogP contribution in [-0.4, -0.2) is 21.0 Å². The smallest absolute Gasteiger partial charge is 0.194 e. The molecule has 0 saturated carbocycles. The lowest BCUT2D eigenvalue weighted by molar-refractivity contribution is 0.475. The van der Waals surface area contributed by atoms with E-state index in [1.54, 1.807) is 23.5 Å². The molecule has 0 spiro atoms. The zero-order chi connectivity index (χ0) is 13.9. The maximum Gasteiger partial charge on any atom is 0.194 e. The molecule has 2 aromatic heterocycles. The third-order valence-electron chi connectivity index (χ3n) is 3.38. The van der Waals surface area contributed by atoms with Gasteiger partial charge in [0.25, 0.3) is 0 Å². The Labute approximate surface area is 121 Å². The summed E-state index contributed by atoms with van der Waals surface area (Å²) < 4.78 is 2.15. The van der Waals surface area contributed by atoms with E-state index in [-0.39, 0.29) is 0 Å². The number of fused-ring (bicyclic) bond motifs is 1. The van der Waals surface area contributed by atoms with Gasteiger partial charge in [-0.2, -0.15) is 0 Å². The van der Waals surface area contributed by atoms with Gasteiger partial charge in [-0.1, -0.05) is 12.1 Å². The highest BCUT2D eigenvalue weighted by Crippen LogP contribution is 2.16. The summed E-state index contributed by atoms with van der Waals surface area (Å²) in [6, 6.07) is 7.37. The standard InChI is InChI=1S/C15H17N3OS/c1-11-14(18-8-9-20-15(18)17-11)10-16-7-6-12-2-4-13(19)5-3-12/h2-5,8-9,16,19H,6-7,10H2,1H3. The lowest BCUT2D eigenvalue weighted by Gasteiger charge is -2.05. The molecule has 0 radical (unpaired) electrons. The van der Waals surface area contributed by atoms with Crippen molar-refractivity contribution in [2.75, 3.05) is 6.54 Å². The summed E-state index contributed by atoms with van der Waals surface area (Å²) >= 11 is 1.66. The van der Waals surface area contributed by atoms with Gasteiger partial charge in [-0.15, -0.1) is 11.3 Å². The van der Waals surface area contributed by atoms with E-state index in [4.69, 9.17) is 0 Å². The molecule has 104 valence electrons. The molecule has 2 heterocycles. The van der Waals surface area contributed by atoms with Crippen LogP contribution in [0.15, 0.2) is 35.8 Å². The quantitative estimate of drug-likeness (QED) is 0.709. The van der Waals surface area contributed by atoms with Gasteiger partial charge in [0.15, 0.2) is 4.96 Å². The minimum Gasteiger partial charge on any atom is -0.508 e. The van der Waals surface area contributed by atoms with Crippen molar-refractivity contribution < 1.29 is 5.11 Å². The van der Waals surface area contributed by atoms with Crippen molar-refractivity contribution in [2.45, 2.75) is 19.9 Å². The molecule has 1 aromatic carbocycles. The van der Waals surface area contributed by atoms with E-state index in [1.165, 1.54) is 11.3 Å². The first-order valence-electron chi connectivity index (χ1n) is 6.63. The fourth-order valence-electron chi connectivity index (χ4n) is 2.26. The predicted molar refractivity (Wildman–Crippen MR) is 81.3 cm³/mol. The number of phenolic OH excluding ortho intramolecular Hbond substituents is 1. The molecule has 3 aromatic rings. The Balaban J connectivity index is 1.56. The second-order valence-corrected chi connectivity index (χ2v) is 5.67. The molecule has 0 aliphatic rings. The van der Waals surface area contributed by atoms with E-state index in [0.29, 0.717) is 5.75 Å². The first kappa shape index (κ1) is 13.1. The first-order chi connectivity index (χ1) is 9.74. The van der Waals surface area contributed by atoms with Crippen LogP contribution < -0.4 is 5.32 Å². The average molecular weight is 287 g/mol. The molecular weight excluding hydrogens is 270 g/mol. The third kappa shape index (κ3) is 2.69. The molecule has 0 aliphatic heterocycles. The molecule has 0 aliphatic carbocycles. The first-order valence-corrected chi connectivity index (χ1v) is 7.51. The van der Waals surface area contributed by atoms with Gasteiger partial charge in [0.1, 0.15) is 5.75 Å². The monoisotopic (exact) mass is 287 g/mol. The van der Waals surface area contributed by atoms with Gasteiger partial charge in [-0.05, 0) is 37.6 Å². The number of rotatable bonds is 5. The van der Waals surface area contributed by atoms with Crippen LogP contribution in [0, 0.1) is 6.92 Å². The number of hydrogen-bond donors (Lipinski definition) is 2. The molecule has 5 heteroatoms. The number of hydrogen-bond acceptors (Lipinski definition) is 4. The number of aryl methyl sites for hydroxylation is 1. The summed E-state index contributed by atoms with van der Waals surface area (Å²) in [5, 5.41) is 14.8. The summed E-state index contributed by atoms with van der Waals surface area (Å²) in [5.74, 6) is 0.316. The molecule has 20 heavy (non-hydrogen) atoms. The molecule has 0 atom stereocenters. The highest BCUT2D eigenvalue weighted by Gasteiger charge is 2.08. The number of phenols is 1. The summed E-state index contributed by atoms with van der Waals surface area (Å²) in [4.78, 5) is 5.59. The lowest BCUT2D eigenvalue weighted by atomic mass is 10.1. The zero-order valence-electron chi connectivity index (χ0n) is 11.3. The lowest BCUT2D eigenvalue weighted by Crippen LogP contribution is -2.18. The topological polar surface area (TPSA) is 49.6 Å². The van der Waals surface area contributed by atoms with Gasteiger partial charge < -0.3 is 10.4 Å². The molecule has 2 N–H and O–H groups in total. The number of thiazole rings is 1. The van der Waals surface area contributed by atoms with Crippen molar-refractivity contribution in [1.29, 1.82) is 0 Å². The van der Waals surface area contributed by atoms with Gasteiger partial charge in [0, 0.05) is 18.1 Å². The Kier molecular flexibility index (Phi) is 3.71. The largest absolute Gasteiger partial charge is 0.508 e. The van der Waals surface area contributed by atoms with Crippen LogP contribution in [0.25, 0.3) is 4.96 Å². The van der Waals surface area contributed by atoms with E-state index in [0.717, 1.165) is 30.2 Å². The van der Waals surface area contributed by atoms with Crippen molar-refractivity contribution in [1.82, 2.24) is 14.7 Å². The predicted octanol–water partition coefficient (Wildman–Crippen LogP) is 2.74. The number of benzene rings is 1. The molecule has 0 fully saturated rings. The number of imidazole rings is 1. The number of nitrogens with zero attached hydrogens (tertiary/aromatic N) is 2. The third-order valence-corrected chi connectivity index (χ3v) is 4.14. The minimum absolute atomic E-state index is 0.316. The van der Waals surface area contributed by atoms with Gasteiger partial charge in [0.2, 0.25) is 0 Å². The highest BCUT2D eigenvalue weighted by atomic mass is 32.1. The molecule has 0 bridgehead atoms. The van der Waals surface area contributed by atoms with Gasteiger partial charge in [-0.25, -0.2) is 4.98 Å². The SMILES string of the molecule is Cc1nc2sccn2c1CNCCc1ccc(O)cc1. The zero-order valence-corrected chi connectivity index (χ0v) is 12.2. The Bertz CT molecular complexity index is 700. The molecule has 0 unspecified atom stereocenters. The molecule has 0 saturated heterocycles. The Morgan fingerprint density at radius 1 is 1.30 bits per heavy atom. The van der Waals surface area contributed by atoms with Crippen LogP contribution in [0.3, 0.4) is 0 Å². The van der Waals surface area contributed by atoms with E-state index < -0.39 is 0 Å². The Hall–Kier alpha value is -1.85. The van der Waals surface area contributed by atoms with Crippen LogP contribution in [0.5, 0.6) is 5.75 Å². The van der Waals surface area contributed by atoms with Gasteiger partial charge in [0.05, 0.1) is 11.4 Å². The summed E-state index contributed by atoms with van der Waals surface area (Å²) in [5.41, 5.74) is 3.54. The highest BCUT2D eigenvalue weighted by molar-refractivity contribution is 7.15. The number of aromatic nitrogens is 2. The van der Waals surface area contributed by atoms with Crippen LogP contribution >= 0.6 is 11.3 Å². The van der Waals surface area contributed by atoms with Crippen LogP contribution in [0.4, 0.5) is 0 Å². The van der Waals surface area contributed by atoms with Gasteiger partial charge >= 0.3 is 0 Å². The molecule has 4 nitrogen and oxygen atoms in total. The molecule has 0 amide bonds. The summed E-state index contributed by atoms with van der Waals surface area (Å²) in [6.45, 7) is 3.78. The van der Waals surface area contributed by atoms with Crippen molar-refractivity contribution in [2.24, 2.45) is 0 Å². The van der Waals surface area contributed by atoms with Crippen molar-refractivity contribution in [3.63, 3.8) is 0 Å². The second kappa shape index (κ2) is 5.64. The Morgan fingerprint density at radius 3 is 2.90 bits per heavy atom. The molecular formula is C15H17N3OS. The molecule has 3 rings (SSSR count). The number of nitrogens with one attached hydrogen (secondary N) is 1. The van der Waals surface area contributed by atoms with Crippen LogP contribution in [-0.2, 0) is 13.0 Å². The second-order valence-electron chi connectivity index (χ2n) is 4.79. The maximum atomic E-state index is 9.24.